The van der Waals surface area contributed by atoms with Gasteiger partial charge in [-0.15, -0.1) is 0 Å². The van der Waals surface area contributed by atoms with E-state index in [1.54, 1.807) is 18.2 Å². The smallest absolute Gasteiger partial charge is 0.338 e. The molecule has 3 saturated carbocycles. The fourth-order valence-electron chi connectivity index (χ4n) is 10.5. The van der Waals surface area contributed by atoms with Crippen LogP contribution in [0.3, 0.4) is 0 Å². The Morgan fingerprint density at radius 2 is 1.71 bits per heavy atom. The molecule has 0 radical (unpaired) electrons. The number of methoxy groups -OCH3 is 1. The van der Waals surface area contributed by atoms with Crippen LogP contribution in [0.5, 0.6) is 11.5 Å². The summed E-state index contributed by atoms with van der Waals surface area (Å²) in [5, 5.41) is 41.2. The molecule has 7 rings (SSSR count). The van der Waals surface area contributed by atoms with Crippen LogP contribution >= 0.6 is 0 Å². The molecule has 15 heteroatoms. The van der Waals surface area contributed by atoms with Crippen LogP contribution in [0.1, 0.15) is 63.7 Å². The molecular weight excluding hydrogens is 672 g/mol. The summed E-state index contributed by atoms with van der Waals surface area (Å²) in [6.45, 7) is 6.64. The molecule has 0 amide bonds. The number of hydrogen-bond donors (Lipinski definition) is 4. The van der Waals surface area contributed by atoms with Gasteiger partial charge in [-0.25, -0.2) is 4.79 Å². The lowest BCUT2D eigenvalue weighted by atomic mass is 9.38. The Morgan fingerprint density at radius 3 is 2.41 bits per heavy atom. The van der Waals surface area contributed by atoms with Crippen LogP contribution < -0.4 is 9.47 Å². The third-order valence-corrected chi connectivity index (χ3v) is 12.9. The first kappa shape index (κ1) is 36.5. The zero-order valence-corrected chi connectivity index (χ0v) is 29.3. The summed E-state index contributed by atoms with van der Waals surface area (Å²) in [5.41, 5.74) is -1.68. The van der Waals surface area contributed by atoms with E-state index in [0.29, 0.717) is 30.8 Å². The van der Waals surface area contributed by atoms with Gasteiger partial charge in [-0.05, 0) is 55.2 Å². The summed E-state index contributed by atoms with van der Waals surface area (Å²) in [5.74, 6) is -1.93. The molecule has 16 unspecified atom stereocenters. The minimum atomic E-state index is -1.63. The maximum absolute atomic E-state index is 14.7. The van der Waals surface area contributed by atoms with Gasteiger partial charge in [-0.2, -0.15) is 0 Å². The lowest BCUT2D eigenvalue weighted by Crippen LogP contribution is -2.75. The first-order chi connectivity index (χ1) is 24.2. The van der Waals surface area contributed by atoms with E-state index >= 15 is 0 Å². The minimum absolute atomic E-state index is 0.0371. The molecule has 4 N–H and O–H groups in total. The van der Waals surface area contributed by atoms with Crippen LogP contribution in [0.4, 0.5) is 0 Å². The van der Waals surface area contributed by atoms with Gasteiger partial charge in [-0.3, -0.25) is 9.59 Å². The first-order valence-electron chi connectivity index (χ1n) is 17.7. The van der Waals surface area contributed by atoms with Crippen LogP contribution in [0, 0.1) is 34.5 Å². The van der Waals surface area contributed by atoms with E-state index in [-0.39, 0.29) is 42.3 Å². The van der Waals surface area contributed by atoms with Crippen LogP contribution in [0.2, 0.25) is 0 Å². The Balaban J connectivity index is 1.26. The van der Waals surface area contributed by atoms with Crippen molar-refractivity contribution >= 4 is 17.7 Å². The zero-order chi connectivity index (χ0) is 36.6. The van der Waals surface area contributed by atoms with E-state index in [2.05, 4.69) is 0 Å². The number of aliphatic hydroxyl groups excluding tert-OH is 4. The molecule has 3 aliphatic heterocycles. The zero-order valence-electron chi connectivity index (χ0n) is 29.3. The topological polar surface area (TPSA) is 206 Å². The number of hydrogen-bond acceptors (Lipinski definition) is 15. The Morgan fingerprint density at radius 1 is 0.961 bits per heavy atom. The second-order valence-electron chi connectivity index (χ2n) is 15.3. The highest BCUT2D eigenvalue weighted by atomic mass is 16.8. The Bertz CT molecular complexity index is 1520. The number of Topliss-reactive ketones (excluding diaryl/α,β-unsaturated/α-hetero) is 1. The fourth-order valence-corrected chi connectivity index (χ4v) is 10.5. The standard InChI is InChI=1S/C36H48O15/c1-15-19-12-25(50-34-28(41)27(40)26(39)23(13-37)48-34)49-24-11-18-7-9-21(47-16(2)38)32(42)35(18,3)31(36(19,24)4)30(29(15)44-5)51-33(43)17-6-8-20-22(10-17)46-14-45-20/h6,8,10,15,18-19,21,23-31,34,37,39-41H,7,9,11-14H2,1-5H3. The lowest BCUT2D eigenvalue weighted by molar-refractivity contribution is -0.380. The monoisotopic (exact) mass is 720 g/mol. The van der Waals surface area contributed by atoms with Crippen LogP contribution in [-0.2, 0) is 38.0 Å². The normalized spacial score (nSPS) is 45.7. The van der Waals surface area contributed by atoms with Gasteiger partial charge in [0.2, 0.25) is 6.79 Å². The highest BCUT2D eigenvalue weighted by molar-refractivity contribution is 5.93. The van der Waals surface area contributed by atoms with Crippen molar-refractivity contribution in [1.29, 1.82) is 0 Å². The highest BCUT2D eigenvalue weighted by Gasteiger charge is 2.73. The van der Waals surface area contributed by atoms with Crippen molar-refractivity contribution in [3.8, 4) is 11.5 Å². The quantitative estimate of drug-likeness (QED) is 0.291. The molecule has 15 nitrogen and oxygen atoms in total. The fraction of sp³-hybridized carbons (Fsp3) is 0.750. The van der Waals surface area contributed by atoms with E-state index in [0.717, 1.165) is 0 Å². The number of fused-ring (bicyclic) bond motifs is 3. The maximum atomic E-state index is 14.7. The second-order valence-corrected chi connectivity index (χ2v) is 15.3. The summed E-state index contributed by atoms with van der Waals surface area (Å²) >= 11 is 0. The molecule has 0 bridgehead atoms. The SMILES string of the molecule is COC1C(C)C2CC(OC3OC(CO)C(O)C(O)C3O)OC3CC4CCC(OC(C)=O)C(=O)C4(C)C(C1OC(=O)c1ccc4c(c1)OCO4)C32C. The van der Waals surface area contributed by atoms with Gasteiger partial charge in [-0.1, -0.05) is 20.8 Å². The number of rotatable bonds is 7. The van der Waals surface area contributed by atoms with Gasteiger partial charge in [0.1, 0.15) is 30.5 Å². The van der Waals surface area contributed by atoms with Crippen LogP contribution in [0.15, 0.2) is 18.2 Å². The van der Waals surface area contributed by atoms with E-state index in [1.807, 2.05) is 20.8 Å². The molecule has 0 aromatic heterocycles. The van der Waals surface area contributed by atoms with Crippen LogP contribution in [-0.4, -0.2) is 120 Å². The van der Waals surface area contributed by atoms with Gasteiger partial charge in [0.15, 0.2) is 36.0 Å². The Hall–Kier alpha value is -2.89. The minimum Gasteiger partial charge on any atom is -0.456 e. The summed E-state index contributed by atoms with van der Waals surface area (Å²) in [6, 6.07) is 4.79. The third kappa shape index (κ3) is 5.75. The first-order valence-corrected chi connectivity index (χ1v) is 17.7. The molecule has 282 valence electrons. The van der Waals surface area contributed by atoms with Crippen molar-refractivity contribution < 1.29 is 72.7 Å². The molecule has 6 aliphatic rings. The third-order valence-electron chi connectivity index (χ3n) is 12.9. The summed E-state index contributed by atoms with van der Waals surface area (Å²) < 4.78 is 47.7. The van der Waals surface area contributed by atoms with Crippen molar-refractivity contribution in [2.45, 2.75) is 115 Å². The van der Waals surface area contributed by atoms with Crippen molar-refractivity contribution in [2.75, 3.05) is 20.5 Å². The average molecular weight is 721 g/mol. The number of ketones is 1. The van der Waals surface area contributed by atoms with E-state index in [1.165, 1.54) is 14.0 Å². The molecular formula is C36H48O15. The Labute approximate surface area is 295 Å². The molecule has 0 spiro atoms. The summed E-state index contributed by atoms with van der Waals surface area (Å²) in [4.78, 5) is 40.8. The van der Waals surface area contributed by atoms with Crippen LogP contribution in [0.25, 0.3) is 0 Å². The molecule has 1 aromatic rings. The van der Waals surface area contributed by atoms with Gasteiger partial charge >= 0.3 is 11.9 Å². The van der Waals surface area contributed by atoms with E-state index < -0.39 is 96.7 Å². The number of esters is 2. The van der Waals surface area contributed by atoms with E-state index in [4.69, 9.17) is 37.9 Å². The van der Waals surface area contributed by atoms with Gasteiger partial charge in [0, 0.05) is 37.2 Å². The van der Waals surface area contributed by atoms with Crippen molar-refractivity contribution in [3.63, 3.8) is 0 Å². The second kappa shape index (κ2) is 13.5. The summed E-state index contributed by atoms with van der Waals surface area (Å²) in [6.07, 6.45) is -9.84. The molecule has 3 aliphatic carbocycles. The van der Waals surface area contributed by atoms with Crippen molar-refractivity contribution in [3.05, 3.63) is 23.8 Å². The van der Waals surface area contributed by atoms with Crippen molar-refractivity contribution in [2.24, 2.45) is 34.5 Å². The van der Waals surface area contributed by atoms with Gasteiger partial charge in [0.25, 0.3) is 0 Å². The predicted molar refractivity (Wildman–Crippen MR) is 171 cm³/mol. The number of ether oxygens (including phenoxy) is 8. The van der Waals surface area contributed by atoms with Gasteiger partial charge < -0.3 is 58.3 Å². The number of carbonyl (C=O) groups excluding carboxylic acids is 3. The molecule has 5 fully saturated rings. The van der Waals surface area contributed by atoms with E-state index in [9.17, 15) is 34.8 Å². The molecule has 1 aromatic carbocycles. The molecule has 2 saturated heterocycles. The Kier molecular flexibility index (Phi) is 9.66. The van der Waals surface area contributed by atoms with Gasteiger partial charge in [0.05, 0.1) is 24.4 Å². The molecule has 16 atom stereocenters. The molecule has 3 heterocycles. The highest BCUT2D eigenvalue weighted by Crippen LogP contribution is 2.69. The number of aliphatic hydroxyl groups is 4. The molecule has 51 heavy (non-hydrogen) atoms. The maximum Gasteiger partial charge on any atom is 0.338 e. The number of carbonyl (C=O) groups is 3. The van der Waals surface area contributed by atoms with Crippen molar-refractivity contribution in [1.82, 2.24) is 0 Å². The number of benzene rings is 1. The predicted octanol–water partition coefficient (Wildman–Crippen LogP) is 1.10. The summed E-state index contributed by atoms with van der Waals surface area (Å²) in [7, 11) is 1.54. The lowest BCUT2D eigenvalue weighted by Gasteiger charge is -2.69. The largest absolute Gasteiger partial charge is 0.456 e. The average Bonchev–Trinajstić information content (AvgIpc) is 3.57.